The summed E-state index contributed by atoms with van der Waals surface area (Å²) >= 11 is 0. The number of carboxylic acids is 1. The quantitative estimate of drug-likeness (QED) is 0.886. The number of para-hydroxylation sites is 1. The number of rotatable bonds is 3. The summed E-state index contributed by atoms with van der Waals surface area (Å²) in [7, 11) is 0. The Balaban J connectivity index is 2.31. The molecule has 96 valence electrons. The molecule has 0 saturated carbocycles. The minimum atomic E-state index is -1.12. The van der Waals surface area contributed by atoms with Gasteiger partial charge in [0.2, 0.25) is 0 Å². The fourth-order valence-electron chi connectivity index (χ4n) is 1.77. The highest BCUT2D eigenvalue weighted by molar-refractivity contribution is 6.10. The number of carbonyl (C=O) groups is 2. The number of nitrogens with one attached hydrogen (secondary N) is 1. The van der Waals surface area contributed by atoms with E-state index >= 15 is 0 Å². The SMILES string of the molecule is Cc1ccccc1NC(=O)c1ccccc1C(=O)O. The minimum absolute atomic E-state index is 0.00594. The Morgan fingerprint density at radius 2 is 1.53 bits per heavy atom. The van der Waals surface area contributed by atoms with Crippen molar-refractivity contribution in [3.63, 3.8) is 0 Å². The van der Waals surface area contributed by atoms with Crippen molar-refractivity contribution in [3.8, 4) is 0 Å². The summed E-state index contributed by atoms with van der Waals surface area (Å²) in [6.07, 6.45) is 0. The van der Waals surface area contributed by atoms with Crippen LogP contribution in [0.2, 0.25) is 0 Å². The minimum Gasteiger partial charge on any atom is -0.478 e. The molecule has 0 unspecified atom stereocenters. The van der Waals surface area contributed by atoms with E-state index in [1.54, 1.807) is 18.2 Å². The Morgan fingerprint density at radius 3 is 2.16 bits per heavy atom. The van der Waals surface area contributed by atoms with Gasteiger partial charge in [0.1, 0.15) is 0 Å². The Hall–Kier alpha value is -2.62. The van der Waals surface area contributed by atoms with Gasteiger partial charge in [-0.3, -0.25) is 4.79 Å². The van der Waals surface area contributed by atoms with Crippen LogP contribution in [0.3, 0.4) is 0 Å². The number of carbonyl (C=O) groups excluding carboxylic acids is 1. The molecule has 19 heavy (non-hydrogen) atoms. The number of hydrogen-bond donors (Lipinski definition) is 2. The summed E-state index contributed by atoms with van der Waals surface area (Å²) in [5.74, 6) is -1.54. The van der Waals surface area contributed by atoms with Gasteiger partial charge < -0.3 is 10.4 Å². The van der Waals surface area contributed by atoms with Crippen molar-refractivity contribution < 1.29 is 14.7 Å². The molecule has 1 amide bonds. The van der Waals surface area contributed by atoms with Crippen LogP contribution in [0.5, 0.6) is 0 Å². The average molecular weight is 255 g/mol. The maximum atomic E-state index is 12.1. The molecule has 0 bridgehead atoms. The number of hydrogen-bond acceptors (Lipinski definition) is 2. The number of amides is 1. The lowest BCUT2D eigenvalue weighted by Gasteiger charge is -2.09. The van der Waals surface area contributed by atoms with Crippen molar-refractivity contribution in [2.75, 3.05) is 5.32 Å². The lowest BCUT2D eigenvalue weighted by Crippen LogP contribution is -2.16. The molecule has 0 aliphatic rings. The first-order valence-electron chi connectivity index (χ1n) is 5.79. The van der Waals surface area contributed by atoms with Gasteiger partial charge in [-0.1, -0.05) is 30.3 Å². The van der Waals surface area contributed by atoms with E-state index in [4.69, 9.17) is 5.11 Å². The van der Waals surface area contributed by atoms with Crippen LogP contribution < -0.4 is 5.32 Å². The van der Waals surface area contributed by atoms with Crippen molar-refractivity contribution in [3.05, 3.63) is 65.2 Å². The van der Waals surface area contributed by atoms with Gasteiger partial charge in [0.05, 0.1) is 11.1 Å². The summed E-state index contributed by atoms with van der Waals surface area (Å²) in [4.78, 5) is 23.2. The number of aromatic carboxylic acids is 1. The van der Waals surface area contributed by atoms with Crippen molar-refractivity contribution in [1.29, 1.82) is 0 Å². The Kier molecular flexibility index (Phi) is 3.61. The number of aryl methyl sites for hydroxylation is 1. The van der Waals surface area contributed by atoms with Crippen LogP contribution in [0.15, 0.2) is 48.5 Å². The van der Waals surface area contributed by atoms with Crippen molar-refractivity contribution in [1.82, 2.24) is 0 Å². The highest BCUT2D eigenvalue weighted by atomic mass is 16.4. The second kappa shape index (κ2) is 5.35. The zero-order valence-corrected chi connectivity index (χ0v) is 10.4. The summed E-state index contributed by atoms with van der Waals surface area (Å²) in [5, 5.41) is 11.8. The van der Waals surface area contributed by atoms with Gasteiger partial charge in [0.25, 0.3) is 5.91 Å². The normalized spacial score (nSPS) is 9.95. The third kappa shape index (κ3) is 2.80. The summed E-state index contributed by atoms with van der Waals surface area (Å²) in [5.41, 5.74) is 1.74. The maximum Gasteiger partial charge on any atom is 0.336 e. The van der Waals surface area contributed by atoms with Gasteiger partial charge >= 0.3 is 5.97 Å². The Bertz CT molecular complexity index is 635. The van der Waals surface area contributed by atoms with Gasteiger partial charge in [-0.2, -0.15) is 0 Å². The first kappa shape index (κ1) is 12.8. The lowest BCUT2D eigenvalue weighted by atomic mass is 10.1. The zero-order valence-electron chi connectivity index (χ0n) is 10.4. The second-order valence-electron chi connectivity index (χ2n) is 4.12. The molecule has 0 saturated heterocycles. The van der Waals surface area contributed by atoms with Crippen LogP contribution in [-0.4, -0.2) is 17.0 Å². The molecule has 0 aliphatic heterocycles. The van der Waals surface area contributed by atoms with Crippen LogP contribution >= 0.6 is 0 Å². The molecule has 0 spiro atoms. The van der Waals surface area contributed by atoms with E-state index in [1.807, 2.05) is 25.1 Å². The highest BCUT2D eigenvalue weighted by Gasteiger charge is 2.16. The van der Waals surface area contributed by atoms with Gasteiger partial charge in [-0.15, -0.1) is 0 Å². The van der Waals surface area contributed by atoms with Gasteiger partial charge in [-0.05, 0) is 30.7 Å². The molecule has 4 heteroatoms. The van der Waals surface area contributed by atoms with E-state index in [0.29, 0.717) is 5.69 Å². The number of anilines is 1. The molecule has 0 radical (unpaired) electrons. The van der Waals surface area contributed by atoms with Gasteiger partial charge in [0, 0.05) is 5.69 Å². The van der Waals surface area contributed by atoms with Gasteiger partial charge in [-0.25, -0.2) is 4.79 Å². The molecule has 2 aromatic carbocycles. The third-order valence-electron chi connectivity index (χ3n) is 2.80. The summed E-state index contributed by atoms with van der Waals surface area (Å²) in [6, 6.07) is 13.5. The fourth-order valence-corrected chi connectivity index (χ4v) is 1.77. The molecule has 0 heterocycles. The summed E-state index contributed by atoms with van der Waals surface area (Å²) < 4.78 is 0. The zero-order chi connectivity index (χ0) is 13.8. The predicted octanol–water partition coefficient (Wildman–Crippen LogP) is 2.95. The summed E-state index contributed by atoms with van der Waals surface area (Å²) in [6.45, 7) is 1.87. The van der Waals surface area contributed by atoms with Crippen LogP contribution in [0.1, 0.15) is 26.3 Å². The molecule has 2 aromatic rings. The van der Waals surface area contributed by atoms with E-state index in [9.17, 15) is 9.59 Å². The van der Waals surface area contributed by atoms with E-state index in [2.05, 4.69) is 5.32 Å². The molecule has 2 rings (SSSR count). The standard InChI is InChI=1S/C15H13NO3/c1-10-6-2-5-9-13(10)16-14(17)11-7-3-4-8-12(11)15(18)19/h2-9H,1H3,(H,16,17)(H,18,19). The average Bonchev–Trinajstić information content (AvgIpc) is 2.41. The number of carboxylic acid groups (broad SMARTS) is 1. The Morgan fingerprint density at radius 1 is 0.947 bits per heavy atom. The third-order valence-corrected chi connectivity index (χ3v) is 2.80. The maximum absolute atomic E-state index is 12.1. The molecule has 0 aromatic heterocycles. The first-order valence-corrected chi connectivity index (χ1v) is 5.79. The molecule has 2 N–H and O–H groups in total. The molecule has 0 fully saturated rings. The largest absolute Gasteiger partial charge is 0.478 e. The smallest absolute Gasteiger partial charge is 0.336 e. The number of benzene rings is 2. The van der Waals surface area contributed by atoms with E-state index < -0.39 is 11.9 Å². The first-order chi connectivity index (χ1) is 9.09. The van der Waals surface area contributed by atoms with Crippen molar-refractivity contribution >= 4 is 17.6 Å². The van der Waals surface area contributed by atoms with Crippen molar-refractivity contribution in [2.24, 2.45) is 0 Å². The van der Waals surface area contributed by atoms with Crippen LogP contribution in [0.25, 0.3) is 0 Å². The lowest BCUT2D eigenvalue weighted by molar-refractivity contribution is 0.0692. The van der Waals surface area contributed by atoms with E-state index in [0.717, 1.165) is 5.56 Å². The predicted molar refractivity (Wildman–Crippen MR) is 72.5 cm³/mol. The molecule has 0 aliphatic carbocycles. The molecular weight excluding hydrogens is 242 g/mol. The highest BCUT2D eigenvalue weighted by Crippen LogP contribution is 2.16. The van der Waals surface area contributed by atoms with Crippen LogP contribution in [-0.2, 0) is 0 Å². The monoisotopic (exact) mass is 255 g/mol. The topological polar surface area (TPSA) is 66.4 Å². The molecule has 4 nitrogen and oxygen atoms in total. The molecular formula is C15H13NO3. The van der Waals surface area contributed by atoms with E-state index in [1.165, 1.54) is 12.1 Å². The Labute approximate surface area is 110 Å². The van der Waals surface area contributed by atoms with Crippen LogP contribution in [0.4, 0.5) is 5.69 Å². The van der Waals surface area contributed by atoms with Gasteiger partial charge in [0.15, 0.2) is 0 Å². The van der Waals surface area contributed by atoms with E-state index in [-0.39, 0.29) is 11.1 Å². The fraction of sp³-hybridized carbons (Fsp3) is 0.0667. The molecule has 0 atom stereocenters. The second-order valence-corrected chi connectivity index (χ2v) is 4.12. The van der Waals surface area contributed by atoms with Crippen molar-refractivity contribution in [2.45, 2.75) is 6.92 Å². The van der Waals surface area contributed by atoms with Crippen LogP contribution in [0, 0.1) is 6.92 Å².